The maximum atomic E-state index is 3.85. The summed E-state index contributed by atoms with van der Waals surface area (Å²) in [6, 6.07) is 18.1. The van der Waals surface area contributed by atoms with Crippen LogP contribution in [-0.2, 0) is 0 Å². The van der Waals surface area contributed by atoms with Crippen molar-refractivity contribution in [1.82, 2.24) is 0 Å². The predicted octanol–water partition coefficient (Wildman–Crippen LogP) is 6.90. The van der Waals surface area contributed by atoms with Crippen molar-refractivity contribution in [3.63, 3.8) is 0 Å². The Labute approximate surface area is 141 Å². The zero-order valence-electron chi connectivity index (χ0n) is 14.3. The van der Waals surface area contributed by atoms with E-state index in [0.717, 1.165) is 11.8 Å². The number of hydrogen-bond donors (Lipinski definition) is 0. The van der Waals surface area contributed by atoms with Crippen LogP contribution >= 0.6 is 0 Å². The van der Waals surface area contributed by atoms with Gasteiger partial charge in [0.05, 0.1) is 0 Å². The van der Waals surface area contributed by atoms with Gasteiger partial charge in [0.25, 0.3) is 0 Å². The van der Waals surface area contributed by atoms with Crippen molar-refractivity contribution < 1.29 is 0 Å². The Morgan fingerprint density at radius 3 is 2.00 bits per heavy atom. The van der Waals surface area contributed by atoms with Gasteiger partial charge in [-0.2, -0.15) is 0 Å². The van der Waals surface area contributed by atoms with Crippen LogP contribution in [0.5, 0.6) is 0 Å². The predicted molar refractivity (Wildman–Crippen MR) is 101 cm³/mol. The third-order valence-corrected chi connectivity index (χ3v) is 5.39. The van der Waals surface area contributed by atoms with Gasteiger partial charge in [-0.15, -0.1) is 6.58 Å². The maximum absolute atomic E-state index is 3.85. The molecule has 0 amide bonds. The summed E-state index contributed by atoms with van der Waals surface area (Å²) in [4.78, 5) is 0. The van der Waals surface area contributed by atoms with Crippen LogP contribution in [0.4, 0.5) is 0 Å². The lowest BCUT2D eigenvalue weighted by molar-refractivity contribution is 0.312. The molecule has 1 aliphatic carbocycles. The van der Waals surface area contributed by atoms with Crippen molar-refractivity contribution >= 4 is 0 Å². The van der Waals surface area contributed by atoms with Crippen LogP contribution in [0.1, 0.15) is 55.6 Å². The molecule has 0 spiro atoms. The summed E-state index contributed by atoms with van der Waals surface area (Å²) in [5.74, 6) is 1.69. The van der Waals surface area contributed by atoms with E-state index < -0.39 is 0 Å². The largest absolute Gasteiger partial charge is 0.103 e. The first-order valence-electron chi connectivity index (χ1n) is 9.04. The Balaban J connectivity index is 1.62. The topological polar surface area (TPSA) is 0 Å². The molecule has 2 aromatic rings. The lowest BCUT2D eigenvalue weighted by Gasteiger charge is -2.28. The molecular weight excluding hydrogens is 276 g/mol. The van der Waals surface area contributed by atoms with Crippen LogP contribution < -0.4 is 0 Å². The van der Waals surface area contributed by atoms with Crippen molar-refractivity contribution in [1.29, 1.82) is 0 Å². The molecule has 0 heterocycles. The number of rotatable bonds is 5. The lowest BCUT2D eigenvalue weighted by atomic mass is 9.77. The van der Waals surface area contributed by atoms with Gasteiger partial charge in [0.2, 0.25) is 0 Å². The molecule has 0 radical (unpaired) electrons. The molecule has 1 fully saturated rings. The summed E-state index contributed by atoms with van der Waals surface area (Å²) in [6.45, 7) is 5.98. The minimum absolute atomic E-state index is 0.766. The molecule has 1 aliphatic rings. The highest BCUT2D eigenvalue weighted by atomic mass is 14.3. The van der Waals surface area contributed by atoms with E-state index in [2.05, 4.69) is 68.1 Å². The van der Waals surface area contributed by atoms with E-state index in [-0.39, 0.29) is 0 Å². The fraction of sp³-hybridized carbons (Fsp3) is 0.391. The summed E-state index contributed by atoms with van der Waals surface area (Å²) in [7, 11) is 0. The fourth-order valence-electron chi connectivity index (χ4n) is 3.83. The number of aryl methyl sites for hydroxylation is 1. The highest BCUT2D eigenvalue weighted by molar-refractivity contribution is 5.64. The third-order valence-electron chi connectivity index (χ3n) is 5.39. The Hall–Kier alpha value is -1.82. The van der Waals surface area contributed by atoms with E-state index >= 15 is 0 Å². The van der Waals surface area contributed by atoms with E-state index in [9.17, 15) is 0 Å². The zero-order valence-corrected chi connectivity index (χ0v) is 14.3. The van der Waals surface area contributed by atoms with E-state index in [0.29, 0.717) is 0 Å². The molecule has 23 heavy (non-hydrogen) atoms. The zero-order chi connectivity index (χ0) is 16.1. The van der Waals surface area contributed by atoms with E-state index in [4.69, 9.17) is 0 Å². The molecule has 0 nitrogen and oxygen atoms in total. The van der Waals surface area contributed by atoms with Crippen LogP contribution in [0.15, 0.2) is 61.2 Å². The average molecular weight is 304 g/mol. The van der Waals surface area contributed by atoms with Crippen LogP contribution in [0.3, 0.4) is 0 Å². The third kappa shape index (κ3) is 4.13. The van der Waals surface area contributed by atoms with Gasteiger partial charge in [0, 0.05) is 0 Å². The van der Waals surface area contributed by atoms with E-state index in [1.807, 2.05) is 0 Å². The van der Waals surface area contributed by atoms with Crippen molar-refractivity contribution in [2.75, 3.05) is 0 Å². The van der Waals surface area contributed by atoms with Gasteiger partial charge in [0.15, 0.2) is 0 Å². The quantitative estimate of drug-likeness (QED) is 0.527. The second-order valence-corrected chi connectivity index (χ2v) is 7.07. The first-order valence-corrected chi connectivity index (χ1v) is 9.04. The number of benzene rings is 2. The van der Waals surface area contributed by atoms with E-state index in [1.54, 1.807) is 0 Å². The molecule has 0 atom stereocenters. The van der Waals surface area contributed by atoms with Crippen molar-refractivity contribution in [2.24, 2.45) is 5.92 Å². The Kier molecular flexibility index (Phi) is 5.33. The second kappa shape index (κ2) is 7.64. The first kappa shape index (κ1) is 16.1. The van der Waals surface area contributed by atoms with Crippen LogP contribution in [-0.4, -0.2) is 0 Å². The van der Waals surface area contributed by atoms with Gasteiger partial charge in [-0.05, 0) is 74.0 Å². The molecule has 0 bridgehead atoms. The minimum Gasteiger partial charge on any atom is -0.103 e. The van der Waals surface area contributed by atoms with Gasteiger partial charge in [-0.1, -0.05) is 60.2 Å². The maximum Gasteiger partial charge on any atom is -0.0162 e. The molecule has 0 aliphatic heterocycles. The van der Waals surface area contributed by atoms with Gasteiger partial charge in [-0.25, -0.2) is 0 Å². The van der Waals surface area contributed by atoms with Crippen molar-refractivity contribution in [3.05, 3.63) is 72.3 Å². The van der Waals surface area contributed by atoms with Gasteiger partial charge in [-0.3, -0.25) is 0 Å². The monoisotopic (exact) mass is 304 g/mol. The average Bonchev–Trinajstić information content (AvgIpc) is 2.61. The molecule has 3 rings (SSSR count). The van der Waals surface area contributed by atoms with Gasteiger partial charge >= 0.3 is 0 Å². The first-order chi connectivity index (χ1) is 11.3. The van der Waals surface area contributed by atoms with Crippen molar-refractivity contribution in [3.8, 4) is 11.1 Å². The van der Waals surface area contributed by atoms with Gasteiger partial charge < -0.3 is 0 Å². The lowest BCUT2D eigenvalue weighted by Crippen LogP contribution is -2.13. The highest BCUT2D eigenvalue weighted by Crippen LogP contribution is 2.38. The Bertz CT molecular complexity index is 610. The summed E-state index contributed by atoms with van der Waals surface area (Å²) in [5.41, 5.74) is 5.49. The molecule has 0 heteroatoms. The summed E-state index contributed by atoms with van der Waals surface area (Å²) in [5, 5.41) is 0. The standard InChI is InChI=1S/C23H28/c1-3-4-5-19-8-12-21(13-9-19)23-16-14-22(15-17-23)20-10-6-18(2)7-11-20/h3,6-7,10-11,14-17,19,21H,1,4-5,8-9,12-13H2,2H3. The van der Waals surface area contributed by atoms with Crippen LogP contribution in [0.2, 0.25) is 0 Å². The van der Waals surface area contributed by atoms with E-state index in [1.165, 1.54) is 60.8 Å². The molecular formula is C23H28. The number of allylic oxidation sites excluding steroid dienone is 1. The second-order valence-electron chi connectivity index (χ2n) is 7.07. The SMILES string of the molecule is C=CCCC1CCC(c2ccc(-c3ccc(C)cc3)cc2)CC1. The normalized spacial score (nSPS) is 21.1. The van der Waals surface area contributed by atoms with Crippen LogP contribution in [0, 0.1) is 12.8 Å². The van der Waals surface area contributed by atoms with Gasteiger partial charge in [0.1, 0.15) is 0 Å². The smallest absolute Gasteiger partial charge is 0.0162 e. The summed E-state index contributed by atoms with van der Waals surface area (Å²) >= 11 is 0. The fourth-order valence-corrected chi connectivity index (χ4v) is 3.83. The number of hydrogen-bond acceptors (Lipinski definition) is 0. The molecule has 0 unspecified atom stereocenters. The Morgan fingerprint density at radius 2 is 1.43 bits per heavy atom. The minimum atomic E-state index is 0.766. The highest BCUT2D eigenvalue weighted by Gasteiger charge is 2.21. The summed E-state index contributed by atoms with van der Waals surface area (Å²) in [6.07, 6.45) is 10.1. The van der Waals surface area contributed by atoms with Crippen LogP contribution in [0.25, 0.3) is 11.1 Å². The summed E-state index contributed by atoms with van der Waals surface area (Å²) < 4.78 is 0. The molecule has 1 saturated carbocycles. The van der Waals surface area contributed by atoms with Crippen molar-refractivity contribution in [2.45, 2.75) is 51.4 Å². The molecule has 2 aromatic carbocycles. The molecule has 0 N–H and O–H groups in total. The molecule has 120 valence electrons. The Morgan fingerprint density at radius 1 is 0.870 bits per heavy atom. The molecule has 0 aromatic heterocycles. The molecule has 0 saturated heterocycles.